The van der Waals surface area contributed by atoms with Crippen LogP contribution in [-0.2, 0) is 6.61 Å². The molecule has 0 fully saturated rings. The molecule has 0 saturated heterocycles. The Labute approximate surface area is 170 Å². The van der Waals surface area contributed by atoms with Crippen molar-refractivity contribution in [1.29, 1.82) is 0 Å². The summed E-state index contributed by atoms with van der Waals surface area (Å²) in [6.45, 7) is -1.39. The Morgan fingerprint density at radius 3 is 2.38 bits per heavy atom. The molecule has 0 aliphatic rings. The number of hydrogen-bond acceptors (Lipinski definition) is 4. The Bertz CT molecular complexity index is 876. The van der Waals surface area contributed by atoms with Crippen LogP contribution < -0.4 is 14.8 Å². The fourth-order valence-corrected chi connectivity index (χ4v) is 2.51. The van der Waals surface area contributed by atoms with Crippen LogP contribution in [0, 0.1) is 0 Å². The van der Waals surface area contributed by atoms with E-state index in [9.17, 15) is 22.8 Å². The molecule has 29 heavy (non-hydrogen) atoms. The van der Waals surface area contributed by atoms with Crippen molar-refractivity contribution in [3.8, 4) is 11.5 Å². The minimum Gasteiger partial charge on any atom is -0.493 e. The Morgan fingerprint density at radius 1 is 1.14 bits per heavy atom. The number of nitrogens with zero attached hydrogens (tertiary/aromatic N) is 1. The molecule has 10 heteroatoms. The van der Waals surface area contributed by atoms with Gasteiger partial charge in [-0.05, 0) is 11.6 Å². The molecule has 2 aromatic carbocycles. The van der Waals surface area contributed by atoms with Crippen LogP contribution in [-0.4, -0.2) is 43.7 Å². The van der Waals surface area contributed by atoms with E-state index in [1.165, 1.54) is 19.2 Å². The number of amides is 3. The number of ether oxygens (including phenoxy) is 2. The first kappa shape index (κ1) is 22.4. The first-order valence-electron chi connectivity index (χ1n) is 8.29. The lowest BCUT2D eigenvalue weighted by atomic mass is 10.1. The van der Waals surface area contributed by atoms with E-state index in [1.54, 1.807) is 5.32 Å². The maximum Gasteiger partial charge on any atom is 0.405 e. The van der Waals surface area contributed by atoms with Gasteiger partial charge in [-0.25, -0.2) is 4.79 Å². The Hall–Kier alpha value is -2.94. The number of rotatable bonds is 6. The second kappa shape index (κ2) is 9.51. The van der Waals surface area contributed by atoms with Gasteiger partial charge in [0.2, 0.25) is 0 Å². The maximum atomic E-state index is 12.6. The van der Waals surface area contributed by atoms with Crippen LogP contribution in [0.15, 0.2) is 42.5 Å². The zero-order chi connectivity index (χ0) is 21.6. The molecular weight excluding hydrogens is 413 g/mol. The fourth-order valence-electron chi connectivity index (χ4n) is 2.27. The number of carbonyl (C=O) groups is 2. The molecule has 156 valence electrons. The number of nitrogens with one attached hydrogen (secondary N) is 1. The molecule has 1 N–H and O–H groups in total. The standard InChI is InChI=1S/C19H18ClF3N2O4/c1-25(18(27)24-11-19(21,22)23)17(26)13-8-16(15(28-2)9-14(13)20)29-10-12-6-4-3-5-7-12/h3-9H,10-11H2,1-2H3,(H,24,27). The van der Waals surface area contributed by atoms with E-state index in [0.717, 1.165) is 12.6 Å². The highest BCUT2D eigenvalue weighted by molar-refractivity contribution is 6.34. The number of benzene rings is 2. The van der Waals surface area contributed by atoms with E-state index in [2.05, 4.69) is 0 Å². The van der Waals surface area contributed by atoms with Crippen LogP contribution in [0.4, 0.5) is 18.0 Å². The third kappa shape index (κ3) is 6.28. The third-order valence-electron chi connectivity index (χ3n) is 3.77. The van der Waals surface area contributed by atoms with Gasteiger partial charge in [0.25, 0.3) is 5.91 Å². The highest BCUT2D eigenvalue weighted by Crippen LogP contribution is 2.34. The number of imide groups is 1. The van der Waals surface area contributed by atoms with Crippen molar-refractivity contribution >= 4 is 23.5 Å². The second-order valence-corrected chi connectivity index (χ2v) is 6.30. The summed E-state index contributed by atoms with van der Waals surface area (Å²) in [5.74, 6) is -0.457. The average molecular weight is 431 g/mol. The van der Waals surface area contributed by atoms with E-state index in [0.29, 0.717) is 4.90 Å². The van der Waals surface area contributed by atoms with E-state index < -0.39 is 24.7 Å². The number of carbonyl (C=O) groups excluding carboxylic acids is 2. The van der Waals surface area contributed by atoms with Gasteiger partial charge in [-0.3, -0.25) is 9.69 Å². The number of halogens is 4. The van der Waals surface area contributed by atoms with Crippen molar-refractivity contribution in [1.82, 2.24) is 10.2 Å². The number of alkyl halides is 3. The minimum absolute atomic E-state index is 0.0469. The van der Waals surface area contributed by atoms with Gasteiger partial charge >= 0.3 is 12.2 Å². The van der Waals surface area contributed by atoms with Crippen molar-refractivity contribution in [2.45, 2.75) is 12.8 Å². The molecule has 2 rings (SSSR count). The molecule has 0 aliphatic heterocycles. The van der Waals surface area contributed by atoms with Gasteiger partial charge in [-0.15, -0.1) is 0 Å². The van der Waals surface area contributed by atoms with Crippen LogP contribution in [0.3, 0.4) is 0 Å². The molecule has 0 radical (unpaired) electrons. The van der Waals surface area contributed by atoms with Crippen molar-refractivity contribution in [2.24, 2.45) is 0 Å². The van der Waals surface area contributed by atoms with E-state index in [4.69, 9.17) is 21.1 Å². The topological polar surface area (TPSA) is 67.9 Å². The number of hydrogen-bond donors (Lipinski definition) is 1. The molecule has 0 atom stereocenters. The molecule has 0 bridgehead atoms. The maximum absolute atomic E-state index is 12.6. The van der Waals surface area contributed by atoms with Crippen molar-refractivity contribution in [3.63, 3.8) is 0 Å². The quantitative estimate of drug-likeness (QED) is 0.743. The van der Waals surface area contributed by atoms with E-state index >= 15 is 0 Å². The van der Waals surface area contributed by atoms with Crippen molar-refractivity contribution < 1.29 is 32.2 Å². The summed E-state index contributed by atoms with van der Waals surface area (Å²) in [5, 5.41) is 1.57. The van der Waals surface area contributed by atoms with Crippen LogP contribution >= 0.6 is 11.6 Å². The summed E-state index contributed by atoms with van der Waals surface area (Å²) >= 11 is 6.10. The third-order valence-corrected chi connectivity index (χ3v) is 4.08. The molecule has 0 saturated carbocycles. The largest absolute Gasteiger partial charge is 0.493 e. The SMILES string of the molecule is COc1cc(Cl)c(C(=O)N(C)C(=O)NCC(F)(F)F)cc1OCc1ccccc1. The minimum atomic E-state index is -4.60. The molecule has 0 heterocycles. The van der Waals surface area contributed by atoms with Gasteiger partial charge in [0.15, 0.2) is 11.5 Å². The van der Waals surface area contributed by atoms with Crippen LogP contribution in [0.1, 0.15) is 15.9 Å². The normalized spacial score (nSPS) is 11.0. The fraction of sp³-hybridized carbons (Fsp3) is 0.263. The summed E-state index contributed by atoms with van der Waals surface area (Å²) in [6.07, 6.45) is -4.60. The highest BCUT2D eigenvalue weighted by atomic mass is 35.5. The summed E-state index contributed by atoms with van der Waals surface area (Å²) in [6, 6.07) is 10.6. The first-order chi connectivity index (χ1) is 13.6. The smallest absolute Gasteiger partial charge is 0.405 e. The monoisotopic (exact) mass is 430 g/mol. The van der Waals surface area contributed by atoms with Gasteiger partial charge in [0, 0.05) is 13.1 Å². The molecule has 0 spiro atoms. The zero-order valence-corrected chi connectivity index (χ0v) is 16.3. The highest BCUT2D eigenvalue weighted by Gasteiger charge is 2.30. The molecular formula is C19H18ClF3N2O4. The second-order valence-electron chi connectivity index (χ2n) is 5.90. The Balaban J connectivity index is 2.20. The lowest BCUT2D eigenvalue weighted by Crippen LogP contribution is -2.44. The van der Waals surface area contributed by atoms with Crippen LogP contribution in [0.5, 0.6) is 11.5 Å². The van der Waals surface area contributed by atoms with Crippen LogP contribution in [0.25, 0.3) is 0 Å². The lowest BCUT2D eigenvalue weighted by molar-refractivity contribution is -0.123. The Morgan fingerprint density at radius 2 is 1.79 bits per heavy atom. The van der Waals surface area contributed by atoms with Crippen molar-refractivity contribution in [2.75, 3.05) is 20.7 Å². The molecule has 0 unspecified atom stereocenters. The van der Waals surface area contributed by atoms with E-state index in [-0.39, 0.29) is 28.7 Å². The summed E-state index contributed by atoms with van der Waals surface area (Å²) < 4.78 is 47.7. The summed E-state index contributed by atoms with van der Waals surface area (Å²) in [7, 11) is 2.43. The predicted molar refractivity (Wildman–Crippen MR) is 100 cm³/mol. The zero-order valence-electron chi connectivity index (χ0n) is 15.5. The van der Waals surface area contributed by atoms with Gasteiger partial charge in [-0.1, -0.05) is 41.9 Å². The predicted octanol–water partition coefficient (Wildman–Crippen LogP) is 4.27. The lowest BCUT2D eigenvalue weighted by Gasteiger charge is -2.19. The number of methoxy groups -OCH3 is 1. The molecule has 6 nitrogen and oxygen atoms in total. The first-order valence-corrected chi connectivity index (χ1v) is 8.67. The summed E-state index contributed by atoms with van der Waals surface area (Å²) in [4.78, 5) is 24.9. The molecule has 0 aromatic heterocycles. The average Bonchev–Trinajstić information content (AvgIpc) is 2.69. The van der Waals surface area contributed by atoms with Crippen molar-refractivity contribution in [3.05, 3.63) is 58.6 Å². The summed E-state index contributed by atoms with van der Waals surface area (Å²) in [5.41, 5.74) is 0.737. The van der Waals surface area contributed by atoms with Gasteiger partial charge in [0.1, 0.15) is 13.2 Å². The van der Waals surface area contributed by atoms with Crippen LogP contribution in [0.2, 0.25) is 5.02 Å². The molecule has 0 aliphatic carbocycles. The van der Waals surface area contributed by atoms with Gasteiger partial charge < -0.3 is 14.8 Å². The molecule has 2 aromatic rings. The van der Waals surface area contributed by atoms with Gasteiger partial charge in [-0.2, -0.15) is 13.2 Å². The van der Waals surface area contributed by atoms with E-state index in [1.807, 2.05) is 30.3 Å². The van der Waals surface area contributed by atoms with Gasteiger partial charge in [0.05, 0.1) is 17.7 Å². The number of urea groups is 1. The molecule has 3 amide bonds. The Kier molecular flexibility index (Phi) is 7.33.